The van der Waals surface area contributed by atoms with Crippen molar-refractivity contribution in [3.8, 4) is 0 Å². The molecule has 0 aliphatic carbocycles. The number of hydrogen-bond donors (Lipinski definition) is 1. The Hall–Kier alpha value is 0.580. The molecule has 1 saturated heterocycles. The summed E-state index contributed by atoms with van der Waals surface area (Å²) < 4.78 is 2.36. The maximum absolute atomic E-state index is 3.53. The highest BCUT2D eigenvalue weighted by molar-refractivity contribution is 9.13. The lowest BCUT2D eigenvalue weighted by Gasteiger charge is -2.20. The molecule has 0 saturated carbocycles. The summed E-state index contributed by atoms with van der Waals surface area (Å²) >= 11 is 8.87. The molecule has 0 spiro atoms. The van der Waals surface area contributed by atoms with Gasteiger partial charge < -0.3 is 5.32 Å². The van der Waals surface area contributed by atoms with Crippen molar-refractivity contribution in [1.82, 2.24) is 10.2 Å². The number of thiophene rings is 1. The van der Waals surface area contributed by atoms with Crippen LogP contribution in [0, 0.1) is 0 Å². The second kappa shape index (κ2) is 5.96. The molecule has 2 rings (SSSR count). The van der Waals surface area contributed by atoms with E-state index in [1.54, 1.807) is 0 Å². The summed E-state index contributed by atoms with van der Waals surface area (Å²) in [5.41, 5.74) is 0. The minimum Gasteiger partial charge on any atom is -0.313 e. The van der Waals surface area contributed by atoms with Gasteiger partial charge in [0.15, 0.2) is 0 Å². The number of halogens is 2. The lowest BCUT2D eigenvalue weighted by atomic mass is 10.2. The van der Waals surface area contributed by atoms with E-state index in [0.29, 0.717) is 6.04 Å². The molecule has 1 aromatic heterocycles. The molecule has 1 aromatic rings. The highest BCUT2D eigenvalue weighted by atomic mass is 79.9. The van der Waals surface area contributed by atoms with Gasteiger partial charge in [-0.15, -0.1) is 11.3 Å². The van der Waals surface area contributed by atoms with Gasteiger partial charge in [-0.05, 0) is 64.4 Å². The standard InChI is InChI=1S/C11H16Br2N2S/c1-15(6-8-3-2-4-14-8)7-9-5-10(12)11(13)16-9/h5,8,14H,2-4,6-7H2,1H3. The normalized spacial score (nSPS) is 20.9. The largest absolute Gasteiger partial charge is 0.313 e. The maximum Gasteiger partial charge on any atom is 0.0843 e. The van der Waals surface area contributed by atoms with E-state index in [0.717, 1.165) is 13.1 Å². The van der Waals surface area contributed by atoms with Crippen molar-refractivity contribution in [2.75, 3.05) is 20.1 Å². The van der Waals surface area contributed by atoms with Crippen LogP contribution in [0.2, 0.25) is 0 Å². The van der Waals surface area contributed by atoms with Gasteiger partial charge in [-0.3, -0.25) is 4.90 Å². The predicted octanol–water partition coefficient (Wildman–Crippen LogP) is 3.46. The van der Waals surface area contributed by atoms with Crippen molar-refractivity contribution < 1.29 is 0 Å². The number of nitrogens with zero attached hydrogens (tertiary/aromatic N) is 1. The molecule has 0 bridgehead atoms. The van der Waals surface area contributed by atoms with Crippen LogP contribution in [0.25, 0.3) is 0 Å². The Bertz CT molecular complexity index is 328. The van der Waals surface area contributed by atoms with Gasteiger partial charge in [-0.25, -0.2) is 0 Å². The number of likely N-dealkylation sites (N-methyl/N-ethyl adjacent to an activating group) is 1. The zero-order chi connectivity index (χ0) is 11.5. The molecule has 2 heterocycles. The second-order valence-electron chi connectivity index (χ2n) is 4.32. The number of rotatable bonds is 4. The van der Waals surface area contributed by atoms with E-state index in [1.807, 2.05) is 11.3 Å². The molecule has 90 valence electrons. The van der Waals surface area contributed by atoms with Gasteiger partial charge in [0, 0.05) is 28.5 Å². The van der Waals surface area contributed by atoms with Gasteiger partial charge >= 0.3 is 0 Å². The van der Waals surface area contributed by atoms with E-state index < -0.39 is 0 Å². The van der Waals surface area contributed by atoms with Gasteiger partial charge in [0.05, 0.1) is 3.79 Å². The first-order valence-corrected chi connectivity index (χ1v) is 7.91. The van der Waals surface area contributed by atoms with Crippen molar-refractivity contribution >= 4 is 43.2 Å². The molecule has 16 heavy (non-hydrogen) atoms. The molecule has 1 fully saturated rings. The van der Waals surface area contributed by atoms with Crippen molar-refractivity contribution in [1.29, 1.82) is 0 Å². The summed E-state index contributed by atoms with van der Waals surface area (Å²) in [6, 6.07) is 2.89. The minimum absolute atomic E-state index is 0.692. The molecule has 1 N–H and O–H groups in total. The van der Waals surface area contributed by atoms with E-state index in [4.69, 9.17) is 0 Å². The van der Waals surface area contributed by atoms with Crippen LogP contribution in [0.15, 0.2) is 14.3 Å². The Morgan fingerprint density at radius 3 is 2.94 bits per heavy atom. The van der Waals surface area contributed by atoms with Gasteiger partial charge in [0.2, 0.25) is 0 Å². The Morgan fingerprint density at radius 2 is 2.38 bits per heavy atom. The lowest BCUT2D eigenvalue weighted by molar-refractivity contribution is 0.295. The molecular formula is C11H16Br2N2S. The smallest absolute Gasteiger partial charge is 0.0843 e. The summed E-state index contributed by atoms with van der Waals surface area (Å²) in [5, 5.41) is 3.53. The van der Waals surface area contributed by atoms with Crippen molar-refractivity contribution in [2.45, 2.75) is 25.4 Å². The van der Waals surface area contributed by atoms with Crippen LogP contribution in [0.1, 0.15) is 17.7 Å². The first-order valence-electron chi connectivity index (χ1n) is 5.51. The molecule has 1 atom stereocenters. The third kappa shape index (κ3) is 3.53. The zero-order valence-electron chi connectivity index (χ0n) is 9.30. The van der Waals surface area contributed by atoms with Crippen LogP contribution >= 0.6 is 43.2 Å². The van der Waals surface area contributed by atoms with Gasteiger partial charge in [0.25, 0.3) is 0 Å². The van der Waals surface area contributed by atoms with Crippen LogP contribution in [-0.2, 0) is 6.54 Å². The highest BCUT2D eigenvalue weighted by Crippen LogP contribution is 2.32. The SMILES string of the molecule is CN(Cc1cc(Br)c(Br)s1)CC1CCCN1. The molecule has 1 aliphatic rings. The fourth-order valence-corrected chi connectivity index (χ4v) is 4.35. The summed E-state index contributed by atoms with van der Waals surface area (Å²) in [6.07, 6.45) is 2.65. The topological polar surface area (TPSA) is 15.3 Å². The van der Waals surface area contributed by atoms with Crippen LogP contribution < -0.4 is 5.32 Å². The Kier molecular flexibility index (Phi) is 4.85. The average molecular weight is 368 g/mol. The molecule has 1 unspecified atom stereocenters. The number of hydrogen-bond acceptors (Lipinski definition) is 3. The first kappa shape index (κ1) is 13.0. The lowest BCUT2D eigenvalue weighted by Crippen LogP contribution is -2.34. The average Bonchev–Trinajstić information content (AvgIpc) is 2.78. The van der Waals surface area contributed by atoms with E-state index in [9.17, 15) is 0 Å². The van der Waals surface area contributed by atoms with E-state index in [1.165, 1.54) is 32.5 Å². The molecular weight excluding hydrogens is 352 g/mol. The van der Waals surface area contributed by atoms with Gasteiger partial charge in [-0.1, -0.05) is 0 Å². The van der Waals surface area contributed by atoms with Crippen LogP contribution in [0.4, 0.5) is 0 Å². The van der Waals surface area contributed by atoms with E-state index >= 15 is 0 Å². The van der Waals surface area contributed by atoms with Gasteiger partial charge in [0.1, 0.15) is 0 Å². The second-order valence-corrected chi connectivity index (χ2v) is 7.63. The van der Waals surface area contributed by atoms with Crippen LogP contribution in [0.5, 0.6) is 0 Å². The summed E-state index contributed by atoms with van der Waals surface area (Å²) in [5.74, 6) is 0. The monoisotopic (exact) mass is 366 g/mol. The summed E-state index contributed by atoms with van der Waals surface area (Å²) in [7, 11) is 2.20. The minimum atomic E-state index is 0.692. The molecule has 0 radical (unpaired) electrons. The molecule has 2 nitrogen and oxygen atoms in total. The predicted molar refractivity (Wildman–Crippen MR) is 77.1 cm³/mol. The van der Waals surface area contributed by atoms with E-state index in [-0.39, 0.29) is 0 Å². The van der Waals surface area contributed by atoms with Gasteiger partial charge in [-0.2, -0.15) is 0 Å². The van der Waals surface area contributed by atoms with Crippen molar-refractivity contribution in [3.63, 3.8) is 0 Å². The number of nitrogens with one attached hydrogen (secondary N) is 1. The zero-order valence-corrected chi connectivity index (χ0v) is 13.3. The quantitative estimate of drug-likeness (QED) is 0.876. The third-order valence-electron chi connectivity index (χ3n) is 2.82. The summed E-state index contributed by atoms with van der Waals surface area (Å²) in [4.78, 5) is 3.80. The van der Waals surface area contributed by atoms with Crippen LogP contribution in [0.3, 0.4) is 0 Å². The molecule has 1 aliphatic heterocycles. The highest BCUT2D eigenvalue weighted by Gasteiger charge is 2.16. The Morgan fingerprint density at radius 1 is 1.56 bits per heavy atom. The third-order valence-corrected chi connectivity index (χ3v) is 6.06. The Labute approximate surface area is 118 Å². The maximum atomic E-state index is 3.53. The van der Waals surface area contributed by atoms with E-state index in [2.05, 4.69) is 55.2 Å². The summed E-state index contributed by atoms with van der Waals surface area (Å²) in [6.45, 7) is 3.37. The van der Waals surface area contributed by atoms with Crippen molar-refractivity contribution in [3.05, 3.63) is 19.2 Å². The van der Waals surface area contributed by atoms with Crippen LogP contribution in [-0.4, -0.2) is 31.1 Å². The van der Waals surface area contributed by atoms with Crippen molar-refractivity contribution in [2.24, 2.45) is 0 Å². The molecule has 0 amide bonds. The Balaban J connectivity index is 1.84. The first-order chi connectivity index (χ1) is 7.65. The fourth-order valence-electron chi connectivity index (χ4n) is 2.09. The molecule has 5 heteroatoms. The fraction of sp³-hybridized carbons (Fsp3) is 0.636. The molecule has 0 aromatic carbocycles.